The number of nitrogens with zero attached hydrogens (tertiary/aromatic N) is 3. The Hall–Kier alpha value is -1.93. The number of hydrogen-bond acceptors (Lipinski definition) is 5. The molecule has 0 aliphatic carbocycles. The van der Waals surface area contributed by atoms with Crippen molar-refractivity contribution >= 4 is 23.3 Å². The molecule has 2 heterocycles. The van der Waals surface area contributed by atoms with Gasteiger partial charge in [-0.25, -0.2) is 9.37 Å². The third kappa shape index (κ3) is 2.20. The molecule has 0 bridgehead atoms. The molecule has 2 aromatic heterocycles. The molecule has 0 amide bonds. The Labute approximate surface area is 123 Å². The molecule has 0 spiro atoms. The van der Waals surface area contributed by atoms with E-state index in [-0.39, 0.29) is 23.7 Å². The third-order valence-corrected chi connectivity index (χ3v) is 3.72. The van der Waals surface area contributed by atoms with Crippen molar-refractivity contribution in [3.05, 3.63) is 47.5 Å². The van der Waals surface area contributed by atoms with Crippen molar-refractivity contribution < 1.29 is 17.8 Å². The second kappa shape index (κ2) is 5.45. The molecule has 0 aliphatic rings. The maximum Gasteiger partial charge on any atom is 0.189 e. The van der Waals surface area contributed by atoms with E-state index in [9.17, 15) is 13.4 Å². The van der Waals surface area contributed by atoms with Crippen molar-refractivity contribution in [2.75, 3.05) is 0 Å². The van der Waals surface area contributed by atoms with E-state index in [0.29, 0.717) is 17.4 Å². The summed E-state index contributed by atoms with van der Waals surface area (Å²) in [4.78, 5) is 3.85. The zero-order valence-corrected chi connectivity index (χ0v) is 11.8. The monoisotopic (exact) mass is 311 g/mol. The standard InChI is InChI=1S/C13H11F2N3O2S/c1-2-7-5-20-12-9(14)4-3-8(10(7)12)11(19)13-16-6-17-18(13)21-15/h3-6,11,19H,2H2,1H3. The van der Waals surface area contributed by atoms with E-state index in [4.69, 9.17) is 4.42 Å². The number of aryl methyl sites for hydroxylation is 1. The van der Waals surface area contributed by atoms with E-state index in [0.717, 1.165) is 16.0 Å². The van der Waals surface area contributed by atoms with E-state index < -0.39 is 11.9 Å². The Morgan fingerprint density at radius 2 is 2.29 bits per heavy atom. The average molecular weight is 311 g/mol. The summed E-state index contributed by atoms with van der Waals surface area (Å²) in [5, 5.41) is 14.6. The number of fused-ring (bicyclic) bond motifs is 1. The number of aromatic nitrogens is 3. The molecule has 1 unspecified atom stereocenters. The second-order valence-electron chi connectivity index (χ2n) is 4.42. The van der Waals surface area contributed by atoms with E-state index in [1.54, 1.807) is 0 Å². The Balaban J connectivity index is 2.20. The smallest absolute Gasteiger partial charge is 0.189 e. The fraction of sp³-hybridized carbons (Fsp3) is 0.231. The molecule has 3 aromatic rings. The Kier molecular flexibility index (Phi) is 3.64. The molecule has 1 atom stereocenters. The lowest BCUT2D eigenvalue weighted by Crippen LogP contribution is -2.07. The van der Waals surface area contributed by atoms with Gasteiger partial charge in [0.15, 0.2) is 29.6 Å². The zero-order valence-electron chi connectivity index (χ0n) is 11.0. The molecule has 0 saturated heterocycles. The molecule has 1 aromatic carbocycles. The SMILES string of the molecule is CCc1coc2c(F)ccc(C(O)c3ncnn3SF)c12. The van der Waals surface area contributed by atoms with Gasteiger partial charge in [-0.3, -0.25) is 0 Å². The first-order valence-electron chi connectivity index (χ1n) is 6.22. The van der Waals surface area contributed by atoms with Crippen LogP contribution in [-0.4, -0.2) is 19.3 Å². The minimum atomic E-state index is -1.23. The topological polar surface area (TPSA) is 64.1 Å². The van der Waals surface area contributed by atoms with Gasteiger partial charge in [-0.2, -0.15) is 4.09 Å². The molecule has 5 nitrogen and oxygen atoms in total. The minimum Gasteiger partial charge on any atom is -0.461 e. The highest BCUT2D eigenvalue weighted by Crippen LogP contribution is 2.34. The number of hydrogen-bond donors (Lipinski definition) is 1. The molecule has 8 heteroatoms. The molecule has 3 rings (SSSR count). The van der Waals surface area contributed by atoms with Gasteiger partial charge in [0.25, 0.3) is 0 Å². The summed E-state index contributed by atoms with van der Waals surface area (Å²) in [5.41, 5.74) is 1.24. The first kappa shape index (κ1) is 14.0. The summed E-state index contributed by atoms with van der Waals surface area (Å²) in [6, 6.07) is 2.64. The minimum absolute atomic E-state index is 0.0265. The highest BCUT2D eigenvalue weighted by Gasteiger charge is 2.24. The summed E-state index contributed by atoms with van der Waals surface area (Å²) < 4.78 is 32.6. The van der Waals surface area contributed by atoms with Gasteiger partial charge in [0, 0.05) is 5.39 Å². The fourth-order valence-electron chi connectivity index (χ4n) is 2.30. The first-order chi connectivity index (χ1) is 10.2. The number of aliphatic hydroxyl groups excluding tert-OH is 1. The van der Waals surface area contributed by atoms with Gasteiger partial charge < -0.3 is 9.52 Å². The van der Waals surface area contributed by atoms with Gasteiger partial charge in [0.1, 0.15) is 12.4 Å². The summed E-state index contributed by atoms with van der Waals surface area (Å²) in [5.74, 6) is -0.486. The van der Waals surface area contributed by atoms with Gasteiger partial charge in [-0.05, 0) is 23.6 Å². The molecular formula is C13H11F2N3O2S. The van der Waals surface area contributed by atoms with Crippen LogP contribution in [0.1, 0.15) is 30.0 Å². The molecule has 1 N–H and O–H groups in total. The third-order valence-electron chi connectivity index (χ3n) is 3.31. The first-order valence-corrected chi connectivity index (χ1v) is 6.90. The summed E-state index contributed by atoms with van der Waals surface area (Å²) in [6.07, 6.45) is 1.98. The molecule has 110 valence electrons. The number of halogens is 2. The molecule has 0 radical (unpaired) electrons. The Morgan fingerprint density at radius 3 is 3.00 bits per heavy atom. The zero-order chi connectivity index (χ0) is 15.0. The summed E-state index contributed by atoms with van der Waals surface area (Å²) in [6.45, 7) is 1.89. The van der Waals surface area contributed by atoms with Gasteiger partial charge in [0.2, 0.25) is 0 Å². The van der Waals surface area contributed by atoms with Crippen molar-refractivity contribution in [3.63, 3.8) is 0 Å². The molecule has 21 heavy (non-hydrogen) atoms. The normalized spacial score (nSPS) is 13.0. The van der Waals surface area contributed by atoms with E-state index >= 15 is 0 Å². The van der Waals surface area contributed by atoms with Crippen LogP contribution in [0, 0.1) is 5.82 Å². The van der Waals surface area contributed by atoms with Crippen LogP contribution in [0.15, 0.2) is 29.1 Å². The highest BCUT2D eigenvalue weighted by atomic mass is 32.2. The van der Waals surface area contributed by atoms with Crippen LogP contribution < -0.4 is 0 Å². The summed E-state index contributed by atoms with van der Waals surface area (Å²) >= 11 is -0.169. The maximum absolute atomic E-state index is 13.8. The van der Waals surface area contributed by atoms with Gasteiger partial charge in [0.05, 0.1) is 6.26 Å². The summed E-state index contributed by atoms with van der Waals surface area (Å²) in [7, 11) is 0. The molecule has 0 aliphatic heterocycles. The van der Waals surface area contributed by atoms with Crippen molar-refractivity contribution in [1.82, 2.24) is 14.2 Å². The Morgan fingerprint density at radius 1 is 1.48 bits per heavy atom. The lowest BCUT2D eigenvalue weighted by atomic mass is 10.00. The molecule has 0 saturated carbocycles. The lowest BCUT2D eigenvalue weighted by Gasteiger charge is -2.12. The Bertz CT molecular complexity index is 787. The van der Waals surface area contributed by atoms with E-state index in [1.165, 1.54) is 18.4 Å². The van der Waals surface area contributed by atoms with E-state index in [1.807, 2.05) is 6.92 Å². The van der Waals surface area contributed by atoms with Crippen LogP contribution in [0.2, 0.25) is 0 Å². The predicted octanol–water partition coefficient (Wildman–Crippen LogP) is 3.19. The fourth-order valence-corrected chi connectivity index (χ4v) is 2.60. The average Bonchev–Trinajstić information content (AvgIpc) is 3.13. The van der Waals surface area contributed by atoms with Crippen LogP contribution in [0.3, 0.4) is 0 Å². The number of benzene rings is 1. The number of aliphatic hydroxyl groups is 1. The van der Waals surface area contributed by atoms with Crippen molar-refractivity contribution in [2.24, 2.45) is 0 Å². The maximum atomic E-state index is 13.8. The van der Waals surface area contributed by atoms with Gasteiger partial charge in [-0.1, -0.05) is 13.0 Å². The lowest BCUT2D eigenvalue weighted by molar-refractivity contribution is 0.210. The van der Waals surface area contributed by atoms with Gasteiger partial charge in [-0.15, -0.1) is 8.98 Å². The van der Waals surface area contributed by atoms with Crippen molar-refractivity contribution in [2.45, 2.75) is 19.4 Å². The van der Waals surface area contributed by atoms with Crippen LogP contribution >= 0.6 is 12.3 Å². The molecular weight excluding hydrogens is 300 g/mol. The number of rotatable bonds is 4. The van der Waals surface area contributed by atoms with Crippen LogP contribution in [0.4, 0.5) is 8.28 Å². The van der Waals surface area contributed by atoms with Crippen LogP contribution in [-0.2, 0) is 6.42 Å². The second-order valence-corrected chi connectivity index (χ2v) is 4.90. The van der Waals surface area contributed by atoms with Crippen LogP contribution in [0.5, 0.6) is 0 Å². The van der Waals surface area contributed by atoms with Crippen molar-refractivity contribution in [3.8, 4) is 0 Å². The predicted molar refractivity (Wildman–Crippen MR) is 73.7 cm³/mol. The van der Waals surface area contributed by atoms with Gasteiger partial charge >= 0.3 is 0 Å². The number of furan rings is 1. The van der Waals surface area contributed by atoms with Crippen molar-refractivity contribution in [1.29, 1.82) is 0 Å². The highest BCUT2D eigenvalue weighted by molar-refractivity contribution is 7.92. The van der Waals surface area contributed by atoms with Crippen LogP contribution in [0.25, 0.3) is 11.0 Å². The largest absolute Gasteiger partial charge is 0.461 e. The molecule has 0 fully saturated rings. The quantitative estimate of drug-likeness (QED) is 0.801. The van der Waals surface area contributed by atoms with E-state index in [2.05, 4.69) is 10.1 Å².